The topological polar surface area (TPSA) is 87.0 Å². The van der Waals surface area contributed by atoms with Crippen LogP contribution in [-0.4, -0.2) is 16.2 Å². The Kier molecular flexibility index (Phi) is 8.85. The predicted molar refractivity (Wildman–Crippen MR) is 209 cm³/mol. The van der Waals surface area contributed by atoms with Gasteiger partial charge in [0.25, 0.3) is 0 Å². The number of hydrogen-bond donors (Lipinski definition) is 2. The molecule has 51 heavy (non-hydrogen) atoms. The van der Waals surface area contributed by atoms with Crippen LogP contribution in [0.15, 0.2) is 163 Å². The molecule has 1 heterocycles. The smallest absolute Gasteiger partial charge is 0.160 e. The molecule has 8 rings (SSSR count). The number of ether oxygens (including phenoxy) is 1. The zero-order chi connectivity index (χ0) is 34.9. The minimum atomic E-state index is -0.684. The van der Waals surface area contributed by atoms with E-state index in [0.29, 0.717) is 5.82 Å². The van der Waals surface area contributed by atoms with E-state index in [1.807, 2.05) is 6.07 Å². The Hall–Kier alpha value is -5.72. The molecule has 5 heteroatoms. The first-order valence-electron chi connectivity index (χ1n) is 17.5. The van der Waals surface area contributed by atoms with Crippen molar-refractivity contribution in [3.05, 3.63) is 180 Å². The van der Waals surface area contributed by atoms with Gasteiger partial charge in [0.15, 0.2) is 5.82 Å². The summed E-state index contributed by atoms with van der Waals surface area (Å²) in [4.78, 5) is 10.1. The summed E-state index contributed by atoms with van der Waals surface area (Å²) in [6.45, 7) is 4.18. The highest BCUT2D eigenvalue weighted by Gasteiger charge is 2.30. The molecule has 0 spiro atoms. The molecular weight excluding hydrogens is 625 g/mol. The Bertz CT molecular complexity index is 2290. The van der Waals surface area contributed by atoms with Gasteiger partial charge in [0.05, 0.1) is 11.4 Å². The minimum Gasteiger partial charge on any atom is -0.341 e. The van der Waals surface area contributed by atoms with Crippen LogP contribution in [0.2, 0.25) is 0 Å². The van der Waals surface area contributed by atoms with Gasteiger partial charge in [0.2, 0.25) is 0 Å². The molecule has 2 aliphatic carbocycles. The first-order valence-corrected chi connectivity index (χ1v) is 17.5. The third-order valence-corrected chi connectivity index (χ3v) is 9.91. The second-order valence-corrected chi connectivity index (χ2v) is 13.5. The van der Waals surface area contributed by atoms with Crippen molar-refractivity contribution in [3.63, 3.8) is 0 Å². The van der Waals surface area contributed by atoms with Crippen LogP contribution in [0.4, 0.5) is 0 Å². The Morgan fingerprint density at radius 1 is 0.627 bits per heavy atom. The fourth-order valence-electron chi connectivity index (χ4n) is 7.02. The monoisotopic (exact) mass is 664 g/mol. The third kappa shape index (κ3) is 6.75. The number of benzene rings is 5. The fraction of sp³-hybridized carbons (Fsp3) is 0.130. The highest BCUT2D eigenvalue weighted by Crippen LogP contribution is 2.36. The van der Waals surface area contributed by atoms with E-state index in [1.54, 1.807) is 0 Å². The number of nitrogens with two attached hydrogens (primary N) is 2. The lowest BCUT2D eigenvalue weighted by molar-refractivity contribution is -0.0338. The molecule has 4 unspecified atom stereocenters. The molecule has 0 aliphatic heterocycles. The van der Waals surface area contributed by atoms with Crippen LogP contribution in [0.5, 0.6) is 0 Å². The van der Waals surface area contributed by atoms with Gasteiger partial charge in [0, 0.05) is 28.5 Å². The number of fused-ring (bicyclic) bond motifs is 2. The van der Waals surface area contributed by atoms with Gasteiger partial charge in [-0.3, -0.25) is 0 Å². The van der Waals surface area contributed by atoms with Crippen LogP contribution in [0, 0.1) is 25.7 Å². The maximum absolute atomic E-state index is 6.70. The van der Waals surface area contributed by atoms with Crippen molar-refractivity contribution in [2.24, 2.45) is 23.3 Å². The molecule has 0 saturated heterocycles. The summed E-state index contributed by atoms with van der Waals surface area (Å²) in [5, 5.41) is 2.21. The van der Waals surface area contributed by atoms with Crippen molar-refractivity contribution in [2.75, 3.05) is 0 Å². The summed E-state index contributed by atoms with van der Waals surface area (Å²) >= 11 is 0. The van der Waals surface area contributed by atoms with E-state index in [9.17, 15) is 0 Å². The highest BCUT2D eigenvalue weighted by atomic mass is 16.5. The number of hydrogen-bond acceptors (Lipinski definition) is 5. The van der Waals surface area contributed by atoms with Gasteiger partial charge in [-0.05, 0) is 65.1 Å². The van der Waals surface area contributed by atoms with E-state index in [2.05, 4.69) is 166 Å². The Labute approximate surface area is 299 Å². The fourth-order valence-corrected chi connectivity index (χ4v) is 7.02. The average molecular weight is 665 g/mol. The highest BCUT2D eigenvalue weighted by molar-refractivity contribution is 5.97. The van der Waals surface area contributed by atoms with Crippen LogP contribution >= 0.6 is 0 Å². The molecule has 0 amide bonds. The third-order valence-electron chi connectivity index (χ3n) is 9.91. The van der Waals surface area contributed by atoms with Crippen LogP contribution in [0.25, 0.3) is 55.8 Å². The lowest BCUT2D eigenvalue weighted by Crippen LogP contribution is -2.39. The average Bonchev–Trinajstić information content (AvgIpc) is 3.17. The summed E-state index contributed by atoms with van der Waals surface area (Å²) in [6.07, 6.45) is 13.5. The maximum atomic E-state index is 6.70. The van der Waals surface area contributed by atoms with Gasteiger partial charge in [-0.25, -0.2) is 9.97 Å². The molecule has 0 saturated carbocycles. The lowest BCUT2D eigenvalue weighted by Gasteiger charge is -2.33. The van der Waals surface area contributed by atoms with Gasteiger partial charge >= 0.3 is 0 Å². The van der Waals surface area contributed by atoms with Crippen LogP contribution < -0.4 is 11.5 Å². The summed E-state index contributed by atoms with van der Waals surface area (Å²) in [6, 6.07) is 40.2. The predicted octanol–water partition coefficient (Wildman–Crippen LogP) is 10.0. The zero-order valence-corrected chi connectivity index (χ0v) is 28.8. The molecule has 0 bridgehead atoms. The van der Waals surface area contributed by atoms with Gasteiger partial charge in [-0.15, -0.1) is 0 Å². The first kappa shape index (κ1) is 32.5. The maximum Gasteiger partial charge on any atom is 0.160 e. The van der Waals surface area contributed by atoms with Crippen molar-refractivity contribution in [3.8, 4) is 45.0 Å². The summed E-state index contributed by atoms with van der Waals surface area (Å²) in [7, 11) is 0. The molecule has 2 aliphatic rings. The number of aromatic nitrogens is 2. The second-order valence-electron chi connectivity index (χ2n) is 13.5. The van der Waals surface area contributed by atoms with Crippen molar-refractivity contribution in [1.29, 1.82) is 0 Å². The Balaban J connectivity index is 1.13. The first-order chi connectivity index (χ1) is 24.9. The van der Waals surface area contributed by atoms with Gasteiger partial charge in [-0.1, -0.05) is 151 Å². The molecule has 0 fully saturated rings. The van der Waals surface area contributed by atoms with E-state index in [-0.39, 0.29) is 11.8 Å². The normalized spacial score (nSPS) is 17.6. The molecular formula is C46H40N4O. The largest absolute Gasteiger partial charge is 0.341 e. The number of rotatable bonds is 8. The standard InChI is InChI=1S/C46H40N4O/c1-29-16-20-33(21-17-29)42-28-43(50-46(49-42)34-22-18-30(2)19-23-34)36-12-5-11-35(26-36)39-14-6-10-32-24-25-37(27-41(32)39)44(47)51-45(48)40-15-7-9-31-8-3-4-13-38(31)40/h3-28,38,40,44-45H,47-48H2,1-2H3. The number of allylic oxidation sites excluding steroid dienone is 7. The minimum absolute atomic E-state index is 0.00384. The van der Waals surface area contributed by atoms with E-state index < -0.39 is 12.5 Å². The van der Waals surface area contributed by atoms with Crippen molar-refractivity contribution in [2.45, 2.75) is 26.3 Å². The summed E-state index contributed by atoms with van der Waals surface area (Å²) in [5.74, 6) is 0.867. The Morgan fingerprint density at radius 3 is 2.12 bits per heavy atom. The summed E-state index contributed by atoms with van der Waals surface area (Å²) < 4.78 is 6.31. The van der Waals surface area contributed by atoms with Crippen molar-refractivity contribution < 1.29 is 4.74 Å². The zero-order valence-electron chi connectivity index (χ0n) is 28.8. The van der Waals surface area contributed by atoms with E-state index in [1.165, 1.54) is 16.7 Å². The Morgan fingerprint density at radius 2 is 1.33 bits per heavy atom. The molecule has 4 atom stereocenters. The SMILES string of the molecule is Cc1ccc(-c2cc(-c3cccc(-c4cccc5ccc(C(N)OC(N)C6C=CC=C7C=CC=CC76)cc45)c3)nc(-c3ccc(C)cc3)n2)cc1. The summed E-state index contributed by atoms with van der Waals surface area (Å²) in [5.41, 5.74) is 24.8. The van der Waals surface area contributed by atoms with Crippen LogP contribution in [0.1, 0.15) is 22.9 Å². The van der Waals surface area contributed by atoms with Gasteiger partial charge < -0.3 is 16.2 Å². The van der Waals surface area contributed by atoms with Crippen molar-refractivity contribution in [1.82, 2.24) is 9.97 Å². The molecule has 1 aromatic heterocycles. The second kappa shape index (κ2) is 13.9. The molecule has 6 aromatic rings. The quantitative estimate of drug-likeness (QED) is 0.158. The molecule has 5 nitrogen and oxygen atoms in total. The lowest BCUT2D eigenvalue weighted by atomic mass is 9.79. The van der Waals surface area contributed by atoms with Gasteiger partial charge in [0.1, 0.15) is 12.5 Å². The molecule has 0 radical (unpaired) electrons. The molecule has 5 aromatic carbocycles. The van der Waals surface area contributed by atoms with E-state index in [0.717, 1.165) is 55.5 Å². The number of nitrogens with zero attached hydrogens (tertiary/aromatic N) is 2. The van der Waals surface area contributed by atoms with Crippen molar-refractivity contribution >= 4 is 10.8 Å². The molecule has 250 valence electrons. The van der Waals surface area contributed by atoms with Gasteiger partial charge in [-0.2, -0.15) is 0 Å². The van der Waals surface area contributed by atoms with Crippen LogP contribution in [-0.2, 0) is 4.74 Å². The van der Waals surface area contributed by atoms with Crippen LogP contribution in [0.3, 0.4) is 0 Å². The van der Waals surface area contributed by atoms with E-state index in [4.69, 9.17) is 26.2 Å². The molecule has 4 N–H and O–H groups in total. The van der Waals surface area contributed by atoms with E-state index >= 15 is 0 Å². The number of aryl methyl sites for hydroxylation is 2.